The summed E-state index contributed by atoms with van der Waals surface area (Å²) in [6.07, 6.45) is 2.19. The van der Waals surface area contributed by atoms with Crippen LogP contribution in [0.1, 0.15) is 40.2 Å². The molecule has 4 rings (SSSR count). The fourth-order valence-electron chi connectivity index (χ4n) is 3.97. The van der Waals surface area contributed by atoms with Crippen LogP contribution in [-0.4, -0.2) is 32.8 Å². The molecule has 3 N–H and O–H groups in total. The van der Waals surface area contributed by atoms with Crippen LogP contribution in [0.3, 0.4) is 0 Å². The fourth-order valence-corrected chi connectivity index (χ4v) is 3.97. The monoisotopic (exact) mass is 441 g/mol. The number of hydrogen-bond acceptors (Lipinski definition) is 4. The smallest absolute Gasteiger partial charge is 0.346 e. The molecule has 0 saturated carbocycles. The molecule has 168 valence electrons. The summed E-state index contributed by atoms with van der Waals surface area (Å²) in [5, 5.41) is 7.33. The highest BCUT2D eigenvalue weighted by molar-refractivity contribution is 5.94. The van der Waals surface area contributed by atoms with E-state index < -0.39 is 11.7 Å². The lowest BCUT2D eigenvalue weighted by Crippen LogP contribution is -2.36. The van der Waals surface area contributed by atoms with Crippen LogP contribution in [0.2, 0.25) is 0 Å². The molecule has 1 unspecified atom stereocenters. The largest absolute Gasteiger partial charge is 0.349 e. The van der Waals surface area contributed by atoms with E-state index in [2.05, 4.69) is 10.4 Å². The van der Waals surface area contributed by atoms with Gasteiger partial charge in [-0.15, -0.1) is 0 Å². The predicted molar refractivity (Wildman–Crippen MR) is 115 cm³/mol. The molecule has 1 aliphatic rings. The van der Waals surface area contributed by atoms with Crippen LogP contribution in [0.15, 0.2) is 47.3 Å². The second-order valence-electron chi connectivity index (χ2n) is 7.99. The fraction of sp³-hybridized carbons (Fsp3) is 0.348. The van der Waals surface area contributed by atoms with Gasteiger partial charge in [-0.3, -0.25) is 9.36 Å². The highest BCUT2D eigenvalue weighted by atomic mass is 19.1. The molecule has 3 aromatic rings. The standard InChI is InChI=1S/C23H25F2N5O2/c24-17-4-1-16(2-5-17)14-30-23(32)29-12-10-18(6-8-21(29)28-30)27-22(31)19-13-15(9-11-26)3-7-20(19)25/h1-5,7,13,18H,6,8-12,14,26H2,(H,27,31). The number of aryl methyl sites for hydroxylation is 1. The zero-order valence-electron chi connectivity index (χ0n) is 17.6. The van der Waals surface area contributed by atoms with Gasteiger partial charge in [-0.2, -0.15) is 5.10 Å². The van der Waals surface area contributed by atoms with Crippen molar-refractivity contribution in [2.24, 2.45) is 5.73 Å². The molecular weight excluding hydrogens is 416 g/mol. The van der Waals surface area contributed by atoms with E-state index in [1.165, 1.54) is 28.9 Å². The van der Waals surface area contributed by atoms with Gasteiger partial charge >= 0.3 is 5.69 Å². The summed E-state index contributed by atoms with van der Waals surface area (Å²) in [6.45, 7) is 1.08. The summed E-state index contributed by atoms with van der Waals surface area (Å²) >= 11 is 0. The topological polar surface area (TPSA) is 94.9 Å². The third kappa shape index (κ3) is 4.77. The van der Waals surface area contributed by atoms with Crippen LogP contribution in [0.25, 0.3) is 0 Å². The number of amides is 1. The lowest BCUT2D eigenvalue weighted by molar-refractivity contribution is 0.0928. The van der Waals surface area contributed by atoms with E-state index in [0.717, 1.165) is 11.1 Å². The molecule has 7 nitrogen and oxygen atoms in total. The molecule has 0 radical (unpaired) electrons. The van der Waals surface area contributed by atoms with Gasteiger partial charge in [0.05, 0.1) is 12.1 Å². The molecular formula is C23H25F2N5O2. The maximum absolute atomic E-state index is 14.2. The van der Waals surface area contributed by atoms with Gasteiger partial charge in [0.2, 0.25) is 0 Å². The van der Waals surface area contributed by atoms with Crippen molar-refractivity contribution in [3.63, 3.8) is 0 Å². The SMILES string of the molecule is NCCc1ccc(F)c(C(=O)NC2CCc3nn(Cc4ccc(F)cc4)c(=O)n3CC2)c1. The van der Waals surface area contributed by atoms with Crippen molar-refractivity contribution in [3.05, 3.63) is 87.1 Å². The summed E-state index contributed by atoms with van der Waals surface area (Å²) in [5.74, 6) is -0.737. The van der Waals surface area contributed by atoms with Crippen LogP contribution in [0.5, 0.6) is 0 Å². The Morgan fingerprint density at radius 2 is 1.88 bits per heavy atom. The number of aromatic nitrogens is 3. The number of benzene rings is 2. The Labute approximate surface area is 183 Å². The highest BCUT2D eigenvalue weighted by Gasteiger charge is 2.23. The maximum Gasteiger partial charge on any atom is 0.346 e. The van der Waals surface area contributed by atoms with Gasteiger partial charge < -0.3 is 11.1 Å². The molecule has 0 spiro atoms. The van der Waals surface area contributed by atoms with Gasteiger partial charge in [0.15, 0.2) is 0 Å². The first kappa shape index (κ1) is 21.9. The van der Waals surface area contributed by atoms with Gasteiger partial charge in [0.25, 0.3) is 5.91 Å². The first-order chi connectivity index (χ1) is 15.4. The molecule has 32 heavy (non-hydrogen) atoms. The zero-order valence-corrected chi connectivity index (χ0v) is 17.6. The molecule has 1 amide bonds. The van der Waals surface area contributed by atoms with E-state index in [0.29, 0.717) is 44.6 Å². The average Bonchev–Trinajstić information content (AvgIpc) is 2.93. The van der Waals surface area contributed by atoms with Gasteiger partial charge in [-0.1, -0.05) is 18.2 Å². The summed E-state index contributed by atoms with van der Waals surface area (Å²) in [7, 11) is 0. The van der Waals surface area contributed by atoms with Crippen molar-refractivity contribution in [2.45, 2.75) is 44.8 Å². The van der Waals surface area contributed by atoms with Gasteiger partial charge in [0, 0.05) is 19.0 Å². The second-order valence-corrected chi connectivity index (χ2v) is 7.99. The summed E-state index contributed by atoms with van der Waals surface area (Å²) in [6, 6.07) is 10.2. The molecule has 1 atom stereocenters. The third-order valence-electron chi connectivity index (χ3n) is 5.71. The number of hydrogen-bond donors (Lipinski definition) is 2. The molecule has 1 aliphatic heterocycles. The van der Waals surface area contributed by atoms with Gasteiger partial charge in [0.1, 0.15) is 17.5 Å². The number of nitrogens with two attached hydrogens (primary N) is 1. The average molecular weight is 441 g/mol. The Balaban J connectivity index is 1.42. The summed E-state index contributed by atoms with van der Waals surface area (Å²) in [4.78, 5) is 25.4. The second kappa shape index (κ2) is 9.44. The number of fused-ring (bicyclic) bond motifs is 1. The first-order valence-corrected chi connectivity index (χ1v) is 10.6. The van der Waals surface area contributed by atoms with E-state index in [-0.39, 0.29) is 29.7 Å². The van der Waals surface area contributed by atoms with Crippen LogP contribution in [-0.2, 0) is 25.9 Å². The maximum atomic E-state index is 14.2. The number of rotatable bonds is 6. The number of nitrogens with zero attached hydrogens (tertiary/aromatic N) is 3. The lowest BCUT2D eigenvalue weighted by Gasteiger charge is -2.16. The van der Waals surface area contributed by atoms with Gasteiger partial charge in [-0.05, 0) is 61.2 Å². The van der Waals surface area contributed by atoms with Crippen molar-refractivity contribution < 1.29 is 13.6 Å². The number of halogens is 2. The summed E-state index contributed by atoms with van der Waals surface area (Å²) in [5.41, 5.74) is 6.90. The van der Waals surface area contributed by atoms with E-state index in [9.17, 15) is 18.4 Å². The minimum absolute atomic E-state index is 0.000382. The molecule has 0 fully saturated rings. The number of carbonyl (C=O) groups is 1. The molecule has 0 saturated heterocycles. The molecule has 0 aliphatic carbocycles. The predicted octanol–water partition coefficient (Wildman–Crippen LogP) is 2.01. The van der Waals surface area contributed by atoms with Crippen molar-refractivity contribution in [1.29, 1.82) is 0 Å². The minimum Gasteiger partial charge on any atom is -0.349 e. The van der Waals surface area contributed by atoms with Crippen molar-refractivity contribution >= 4 is 5.91 Å². The third-order valence-corrected chi connectivity index (χ3v) is 5.71. The van der Waals surface area contributed by atoms with E-state index in [1.54, 1.807) is 22.8 Å². The Hall–Kier alpha value is -3.33. The van der Waals surface area contributed by atoms with Crippen molar-refractivity contribution in [1.82, 2.24) is 19.7 Å². The molecule has 9 heteroatoms. The Bertz CT molecular complexity index is 1170. The normalized spacial score (nSPS) is 15.8. The van der Waals surface area contributed by atoms with Crippen LogP contribution in [0.4, 0.5) is 8.78 Å². The van der Waals surface area contributed by atoms with Crippen LogP contribution in [0, 0.1) is 11.6 Å². The van der Waals surface area contributed by atoms with Crippen molar-refractivity contribution in [3.8, 4) is 0 Å². The number of carbonyl (C=O) groups excluding carboxylic acids is 1. The minimum atomic E-state index is -0.575. The Morgan fingerprint density at radius 3 is 2.62 bits per heavy atom. The zero-order chi connectivity index (χ0) is 22.7. The van der Waals surface area contributed by atoms with E-state index in [4.69, 9.17) is 5.73 Å². The molecule has 1 aromatic heterocycles. The van der Waals surface area contributed by atoms with E-state index >= 15 is 0 Å². The molecule has 2 aromatic carbocycles. The van der Waals surface area contributed by atoms with E-state index in [1.807, 2.05) is 0 Å². The molecule has 0 bridgehead atoms. The Morgan fingerprint density at radius 1 is 1.12 bits per heavy atom. The molecule has 2 heterocycles. The quantitative estimate of drug-likeness (QED) is 0.612. The highest BCUT2D eigenvalue weighted by Crippen LogP contribution is 2.16. The first-order valence-electron chi connectivity index (χ1n) is 10.6. The number of nitrogens with one attached hydrogen (secondary N) is 1. The van der Waals surface area contributed by atoms with Crippen molar-refractivity contribution in [2.75, 3.05) is 6.54 Å². The van der Waals surface area contributed by atoms with Gasteiger partial charge in [-0.25, -0.2) is 18.3 Å². The lowest BCUT2D eigenvalue weighted by atomic mass is 10.0. The summed E-state index contributed by atoms with van der Waals surface area (Å²) < 4.78 is 30.3. The van der Waals surface area contributed by atoms with Crippen LogP contribution >= 0.6 is 0 Å². The van der Waals surface area contributed by atoms with Crippen LogP contribution < -0.4 is 16.7 Å². The Kier molecular flexibility index (Phi) is 6.45.